The van der Waals surface area contributed by atoms with E-state index in [-0.39, 0.29) is 5.75 Å². The maximum atomic E-state index is 10.9. The molecule has 0 atom stereocenters. The summed E-state index contributed by atoms with van der Waals surface area (Å²) in [4.78, 5) is 5.22. The fourth-order valence-electron chi connectivity index (χ4n) is 1.16. The maximum absolute atomic E-state index is 10.9. The second kappa shape index (κ2) is 6.61. The van der Waals surface area contributed by atoms with Crippen LogP contribution in [0.25, 0.3) is 0 Å². The van der Waals surface area contributed by atoms with Crippen LogP contribution < -0.4 is 10.6 Å². The van der Waals surface area contributed by atoms with Crippen molar-refractivity contribution in [2.24, 2.45) is 4.99 Å². The lowest BCUT2D eigenvalue weighted by atomic mass is 10.5. The smallest absolute Gasteiger partial charge is 0.191 e. The minimum atomic E-state index is -2.93. The molecule has 1 rings (SSSR count). The summed E-state index contributed by atoms with van der Waals surface area (Å²) < 4.78 is 21.9. The van der Waals surface area contributed by atoms with Gasteiger partial charge in [-0.05, 0) is 11.4 Å². The number of hydrogen-bond acceptors (Lipinski definition) is 4. The molecule has 0 radical (unpaired) electrons. The van der Waals surface area contributed by atoms with Gasteiger partial charge in [0.2, 0.25) is 0 Å². The average molecular weight is 275 g/mol. The molecule has 1 heterocycles. The van der Waals surface area contributed by atoms with E-state index in [1.54, 1.807) is 18.4 Å². The predicted octanol–water partition coefficient (Wildman–Crippen LogP) is 0.458. The van der Waals surface area contributed by atoms with Crippen LogP contribution in [0.5, 0.6) is 0 Å². The molecule has 1 aromatic heterocycles. The van der Waals surface area contributed by atoms with Crippen molar-refractivity contribution in [1.29, 1.82) is 0 Å². The largest absolute Gasteiger partial charge is 0.355 e. The van der Waals surface area contributed by atoms with Gasteiger partial charge in [0.25, 0.3) is 0 Å². The number of thiophene rings is 1. The van der Waals surface area contributed by atoms with Gasteiger partial charge in [0.1, 0.15) is 9.84 Å². The highest BCUT2D eigenvalue weighted by Gasteiger charge is 2.03. The molecule has 96 valence electrons. The van der Waals surface area contributed by atoms with Gasteiger partial charge in [-0.3, -0.25) is 4.99 Å². The standard InChI is InChI=1S/C10H17N3O2S2/c1-11-10(12-5-7-17(2,14)15)13-8-9-4-3-6-16-9/h3-4,6H,5,7-8H2,1-2H3,(H2,11,12,13). The Labute approximate surface area is 106 Å². The molecule has 0 amide bonds. The summed E-state index contributed by atoms with van der Waals surface area (Å²) in [5, 5.41) is 8.08. The summed E-state index contributed by atoms with van der Waals surface area (Å²) in [6, 6.07) is 4.02. The van der Waals surface area contributed by atoms with Gasteiger partial charge in [-0.2, -0.15) is 0 Å². The van der Waals surface area contributed by atoms with Gasteiger partial charge >= 0.3 is 0 Å². The van der Waals surface area contributed by atoms with E-state index in [2.05, 4.69) is 15.6 Å². The Balaban J connectivity index is 2.30. The van der Waals surface area contributed by atoms with Crippen molar-refractivity contribution in [2.75, 3.05) is 25.6 Å². The SMILES string of the molecule is CN=C(NCCS(C)(=O)=O)NCc1cccs1. The Hall–Kier alpha value is -1.08. The van der Waals surface area contributed by atoms with Crippen LogP contribution in [0.3, 0.4) is 0 Å². The second-order valence-electron chi connectivity index (χ2n) is 3.56. The third kappa shape index (κ3) is 6.28. The van der Waals surface area contributed by atoms with Crippen LogP contribution in [-0.4, -0.2) is 40.0 Å². The Morgan fingerprint density at radius 1 is 1.47 bits per heavy atom. The molecule has 0 aliphatic carbocycles. The van der Waals surface area contributed by atoms with Crippen molar-refractivity contribution in [1.82, 2.24) is 10.6 Å². The summed E-state index contributed by atoms with van der Waals surface area (Å²) in [6.45, 7) is 1.05. The summed E-state index contributed by atoms with van der Waals surface area (Å²) in [5.41, 5.74) is 0. The molecule has 0 saturated heterocycles. The average Bonchev–Trinajstić information content (AvgIpc) is 2.74. The van der Waals surface area contributed by atoms with Gasteiger partial charge in [0.05, 0.1) is 12.3 Å². The topological polar surface area (TPSA) is 70.6 Å². The molecular weight excluding hydrogens is 258 g/mol. The van der Waals surface area contributed by atoms with Gasteiger partial charge in [-0.15, -0.1) is 11.3 Å². The second-order valence-corrected chi connectivity index (χ2v) is 6.85. The highest BCUT2D eigenvalue weighted by molar-refractivity contribution is 7.90. The van der Waals surface area contributed by atoms with Gasteiger partial charge in [0, 0.05) is 24.7 Å². The molecule has 0 aliphatic rings. The third-order valence-electron chi connectivity index (χ3n) is 2.00. The van der Waals surface area contributed by atoms with Crippen molar-refractivity contribution in [2.45, 2.75) is 6.54 Å². The fraction of sp³-hybridized carbons (Fsp3) is 0.500. The summed E-state index contributed by atoms with van der Waals surface area (Å²) >= 11 is 1.66. The first-order valence-electron chi connectivity index (χ1n) is 5.16. The summed E-state index contributed by atoms with van der Waals surface area (Å²) in [7, 11) is -1.27. The van der Waals surface area contributed by atoms with Gasteiger partial charge in [0.15, 0.2) is 5.96 Å². The highest BCUT2D eigenvalue weighted by atomic mass is 32.2. The minimum absolute atomic E-state index is 0.104. The van der Waals surface area contributed by atoms with Crippen LogP contribution in [0, 0.1) is 0 Å². The molecule has 0 fully saturated rings. The lowest BCUT2D eigenvalue weighted by Crippen LogP contribution is -2.38. The van der Waals surface area contributed by atoms with Crippen molar-refractivity contribution >= 4 is 27.1 Å². The fourth-order valence-corrected chi connectivity index (χ4v) is 2.28. The van der Waals surface area contributed by atoms with E-state index in [1.165, 1.54) is 11.1 Å². The lowest BCUT2D eigenvalue weighted by molar-refractivity contribution is 0.600. The molecule has 5 nitrogen and oxygen atoms in total. The lowest BCUT2D eigenvalue weighted by Gasteiger charge is -2.10. The van der Waals surface area contributed by atoms with Crippen LogP contribution in [0.4, 0.5) is 0 Å². The molecule has 2 N–H and O–H groups in total. The van der Waals surface area contributed by atoms with Gasteiger partial charge < -0.3 is 10.6 Å². The zero-order chi connectivity index (χ0) is 12.7. The van der Waals surface area contributed by atoms with Crippen molar-refractivity contribution < 1.29 is 8.42 Å². The van der Waals surface area contributed by atoms with Crippen LogP contribution in [0.1, 0.15) is 4.88 Å². The molecule has 0 aromatic carbocycles. The molecular formula is C10H17N3O2S2. The van der Waals surface area contributed by atoms with E-state index in [4.69, 9.17) is 0 Å². The Kier molecular flexibility index (Phi) is 5.43. The van der Waals surface area contributed by atoms with E-state index in [1.807, 2.05) is 17.5 Å². The Morgan fingerprint density at radius 2 is 2.24 bits per heavy atom. The number of nitrogens with one attached hydrogen (secondary N) is 2. The third-order valence-corrected chi connectivity index (χ3v) is 3.82. The number of guanidine groups is 1. The van der Waals surface area contributed by atoms with E-state index in [0.717, 1.165) is 0 Å². The number of sulfone groups is 1. The minimum Gasteiger partial charge on any atom is -0.355 e. The van der Waals surface area contributed by atoms with E-state index >= 15 is 0 Å². The molecule has 0 saturated carbocycles. The van der Waals surface area contributed by atoms with Crippen molar-refractivity contribution in [3.8, 4) is 0 Å². The van der Waals surface area contributed by atoms with Crippen LogP contribution in [0.2, 0.25) is 0 Å². The highest BCUT2D eigenvalue weighted by Crippen LogP contribution is 2.06. The summed E-state index contributed by atoms with van der Waals surface area (Å²) in [5.74, 6) is 0.717. The normalized spacial score (nSPS) is 12.5. The van der Waals surface area contributed by atoms with Gasteiger partial charge in [-0.1, -0.05) is 6.07 Å². The molecule has 0 aliphatic heterocycles. The first kappa shape index (κ1) is 14.0. The number of hydrogen-bond donors (Lipinski definition) is 2. The molecule has 0 bridgehead atoms. The zero-order valence-corrected chi connectivity index (χ0v) is 11.6. The molecule has 0 spiro atoms. The van der Waals surface area contributed by atoms with Crippen LogP contribution >= 0.6 is 11.3 Å². The number of aliphatic imine (C=N–C) groups is 1. The predicted molar refractivity (Wildman–Crippen MR) is 72.2 cm³/mol. The zero-order valence-electron chi connectivity index (χ0n) is 9.93. The van der Waals surface area contributed by atoms with Crippen molar-refractivity contribution in [3.63, 3.8) is 0 Å². The first-order chi connectivity index (χ1) is 8.01. The monoisotopic (exact) mass is 275 g/mol. The Bertz CT molecular complexity index is 452. The van der Waals surface area contributed by atoms with E-state index in [9.17, 15) is 8.42 Å². The molecule has 0 unspecified atom stereocenters. The summed E-state index contributed by atoms with van der Waals surface area (Å²) in [6.07, 6.45) is 1.22. The van der Waals surface area contributed by atoms with E-state index < -0.39 is 9.84 Å². The number of rotatable bonds is 5. The van der Waals surface area contributed by atoms with Crippen LogP contribution in [-0.2, 0) is 16.4 Å². The first-order valence-corrected chi connectivity index (χ1v) is 8.10. The molecule has 1 aromatic rings. The van der Waals surface area contributed by atoms with Crippen LogP contribution in [0.15, 0.2) is 22.5 Å². The van der Waals surface area contributed by atoms with Crippen molar-refractivity contribution in [3.05, 3.63) is 22.4 Å². The molecule has 7 heteroatoms. The van der Waals surface area contributed by atoms with Gasteiger partial charge in [-0.25, -0.2) is 8.42 Å². The van der Waals surface area contributed by atoms with E-state index in [0.29, 0.717) is 19.0 Å². The maximum Gasteiger partial charge on any atom is 0.191 e. The quantitative estimate of drug-likeness (QED) is 0.605. The Morgan fingerprint density at radius 3 is 2.76 bits per heavy atom. The number of nitrogens with zero attached hydrogens (tertiary/aromatic N) is 1. The molecule has 17 heavy (non-hydrogen) atoms.